The van der Waals surface area contributed by atoms with E-state index in [-0.39, 0.29) is 6.04 Å². The Kier molecular flexibility index (Phi) is 1.83. The molecule has 2 aliphatic rings. The number of fused-ring (bicyclic) bond motifs is 1. The molecule has 0 aliphatic heterocycles. The van der Waals surface area contributed by atoms with E-state index < -0.39 is 5.97 Å². The lowest BCUT2D eigenvalue weighted by molar-refractivity contribution is -0.139. The van der Waals surface area contributed by atoms with Crippen LogP contribution in [0.2, 0.25) is 0 Å². The third-order valence-corrected chi connectivity index (χ3v) is 3.18. The molecule has 12 heavy (non-hydrogen) atoms. The number of rotatable bonds is 3. The molecule has 2 saturated carbocycles. The van der Waals surface area contributed by atoms with Crippen molar-refractivity contribution in [2.45, 2.75) is 38.3 Å². The maximum atomic E-state index is 10.5. The van der Waals surface area contributed by atoms with E-state index in [1.165, 1.54) is 19.3 Å². The van der Waals surface area contributed by atoms with Gasteiger partial charge in [0.1, 0.15) is 6.04 Å². The van der Waals surface area contributed by atoms with Gasteiger partial charge in [0, 0.05) is 6.04 Å². The SMILES string of the molecule is C[C@@H](NC1CCC2CC21)C(=O)O. The van der Waals surface area contributed by atoms with Crippen LogP contribution in [-0.4, -0.2) is 23.2 Å². The second-order valence-electron chi connectivity index (χ2n) is 4.07. The van der Waals surface area contributed by atoms with Gasteiger partial charge in [-0.25, -0.2) is 0 Å². The second kappa shape index (κ2) is 2.73. The molecule has 3 heteroatoms. The summed E-state index contributed by atoms with van der Waals surface area (Å²) in [6.07, 6.45) is 3.80. The number of hydrogen-bond acceptors (Lipinski definition) is 2. The van der Waals surface area contributed by atoms with Crippen LogP contribution in [-0.2, 0) is 4.79 Å². The average Bonchev–Trinajstić information content (AvgIpc) is 2.70. The Morgan fingerprint density at radius 2 is 2.33 bits per heavy atom. The Morgan fingerprint density at radius 3 is 2.75 bits per heavy atom. The lowest BCUT2D eigenvalue weighted by atomic mass is 10.1. The molecule has 2 fully saturated rings. The number of carboxylic acids is 1. The van der Waals surface area contributed by atoms with Gasteiger partial charge in [0.05, 0.1) is 0 Å². The molecule has 0 amide bonds. The molecule has 0 bridgehead atoms. The summed E-state index contributed by atoms with van der Waals surface area (Å²) in [6.45, 7) is 1.72. The van der Waals surface area contributed by atoms with E-state index in [4.69, 9.17) is 5.11 Å². The Bertz CT molecular complexity index is 205. The van der Waals surface area contributed by atoms with Crippen LogP contribution < -0.4 is 5.32 Å². The van der Waals surface area contributed by atoms with E-state index in [0.29, 0.717) is 6.04 Å². The van der Waals surface area contributed by atoms with E-state index in [2.05, 4.69) is 5.32 Å². The normalized spacial score (nSPS) is 40.6. The molecule has 2 N–H and O–H groups in total. The van der Waals surface area contributed by atoms with Crippen LogP contribution in [0.1, 0.15) is 26.2 Å². The highest BCUT2D eigenvalue weighted by atomic mass is 16.4. The maximum absolute atomic E-state index is 10.5. The largest absolute Gasteiger partial charge is 0.480 e. The first-order chi connectivity index (χ1) is 5.68. The second-order valence-corrected chi connectivity index (χ2v) is 4.07. The molecule has 2 rings (SSSR count). The summed E-state index contributed by atoms with van der Waals surface area (Å²) in [4.78, 5) is 10.5. The van der Waals surface area contributed by atoms with Gasteiger partial charge in [-0.05, 0) is 38.0 Å². The Balaban J connectivity index is 1.82. The van der Waals surface area contributed by atoms with Crippen LogP contribution in [0.15, 0.2) is 0 Å². The van der Waals surface area contributed by atoms with E-state index in [1.807, 2.05) is 0 Å². The van der Waals surface area contributed by atoms with Crippen molar-refractivity contribution in [1.29, 1.82) is 0 Å². The first kappa shape index (κ1) is 8.05. The summed E-state index contributed by atoms with van der Waals surface area (Å²) < 4.78 is 0. The number of carboxylic acid groups (broad SMARTS) is 1. The topological polar surface area (TPSA) is 49.3 Å². The predicted octanol–water partition coefficient (Wildman–Crippen LogP) is 0.848. The number of aliphatic carboxylic acids is 1. The maximum Gasteiger partial charge on any atom is 0.320 e. The lowest BCUT2D eigenvalue weighted by Gasteiger charge is -2.17. The van der Waals surface area contributed by atoms with E-state index in [1.54, 1.807) is 6.92 Å². The summed E-state index contributed by atoms with van der Waals surface area (Å²) >= 11 is 0. The summed E-state index contributed by atoms with van der Waals surface area (Å²) in [5.41, 5.74) is 0. The fourth-order valence-corrected chi connectivity index (χ4v) is 2.30. The number of carbonyl (C=O) groups is 1. The molecular formula is C9H15NO2. The first-order valence-electron chi connectivity index (χ1n) is 4.67. The van der Waals surface area contributed by atoms with Crippen molar-refractivity contribution in [1.82, 2.24) is 5.32 Å². The molecule has 0 heterocycles. The van der Waals surface area contributed by atoms with Crippen molar-refractivity contribution >= 4 is 5.97 Å². The predicted molar refractivity (Wildman–Crippen MR) is 44.9 cm³/mol. The molecule has 0 radical (unpaired) electrons. The van der Waals surface area contributed by atoms with Gasteiger partial charge in [0.2, 0.25) is 0 Å². The van der Waals surface area contributed by atoms with Crippen LogP contribution in [0.25, 0.3) is 0 Å². The Hall–Kier alpha value is -0.570. The fourth-order valence-electron chi connectivity index (χ4n) is 2.30. The fraction of sp³-hybridized carbons (Fsp3) is 0.889. The van der Waals surface area contributed by atoms with Crippen LogP contribution in [0.5, 0.6) is 0 Å². The van der Waals surface area contributed by atoms with E-state index in [0.717, 1.165) is 11.8 Å². The molecule has 3 unspecified atom stereocenters. The Morgan fingerprint density at radius 1 is 1.58 bits per heavy atom. The molecular weight excluding hydrogens is 154 g/mol. The quantitative estimate of drug-likeness (QED) is 0.658. The standard InChI is InChI=1S/C9H15NO2/c1-5(9(11)12)10-8-3-2-6-4-7(6)8/h5-8,10H,2-4H2,1H3,(H,11,12)/t5-,6?,7?,8?/m1/s1. The minimum absolute atomic E-state index is 0.380. The summed E-state index contributed by atoms with van der Waals surface area (Å²) in [6, 6.07) is 0.107. The zero-order valence-corrected chi connectivity index (χ0v) is 7.29. The van der Waals surface area contributed by atoms with Crippen LogP contribution >= 0.6 is 0 Å². The van der Waals surface area contributed by atoms with Gasteiger partial charge in [-0.2, -0.15) is 0 Å². The average molecular weight is 169 g/mol. The van der Waals surface area contributed by atoms with Crippen LogP contribution in [0.3, 0.4) is 0 Å². The molecule has 0 saturated heterocycles. The first-order valence-corrected chi connectivity index (χ1v) is 4.67. The minimum Gasteiger partial charge on any atom is -0.480 e. The van der Waals surface area contributed by atoms with Gasteiger partial charge in [0.25, 0.3) is 0 Å². The van der Waals surface area contributed by atoms with Gasteiger partial charge in [-0.3, -0.25) is 4.79 Å². The molecule has 3 nitrogen and oxygen atoms in total. The molecule has 4 atom stereocenters. The van der Waals surface area contributed by atoms with Gasteiger partial charge in [-0.1, -0.05) is 0 Å². The van der Waals surface area contributed by atoms with Gasteiger partial charge in [-0.15, -0.1) is 0 Å². The summed E-state index contributed by atoms with van der Waals surface area (Å²) in [7, 11) is 0. The van der Waals surface area contributed by atoms with Crippen molar-refractivity contribution in [3.63, 3.8) is 0 Å². The highest BCUT2D eigenvalue weighted by Crippen LogP contribution is 2.51. The molecule has 0 aromatic carbocycles. The van der Waals surface area contributed by atoms with Crippen molar-refractivity contribution < 1.29 is 9.90 Å². The monoisotopic (exact) mass is 169 g/mol. The number of nitrogens with one attached hydrogen (secondary N) is 1. The zero-order valence-electron chi connectivity index (χ0n) is 7.29. The van der Waals surface area contributed by atoms with Gasteiger partial charge < -0.3 is 10.4 Å². The van der Waals surface area contributed by atoms with Crippen molar-refractivity contribution in [3.05, 3.63) is 0 Å². The zero-order chi connectivity index (χ0) is 8.72. The van der Waals surface area contributed by atoms with Crippen LogP contribution in [0.4, 0.5) is 0 Å². The lowest BCUT2D eigenvalue weighted by Crippen LogP contribution is -2.41. The van der Waals surface area contributed by atoms with E-state index >= 15 is 0 Å². The minimum atomic E-state index is -0.737. The van der Waals surface area contributed by atoms with Crippen LogP contribution in [0, 0.1) is 11.8 Å². The van der Waals surface area contributed by atoms with Crippen molar-refractivity contribution in [2.75, 3.05) is 0 Å². The van der Waals surface area contributed by atoms with E-state index in [9.17, 15) is 4.79 Å². The molecule has 68 valence electrons. The summed E-state index contributed by atoms with van der Waals surface area (Å²) in [5, 5.41) is 11.8. The molecule has 0 aromatic rings. The molecule has 2 aliphatic carbocycles. The summed E-state index contributed by atoms with van der Waals surface area (Å²) in [5.74, 6) is 0.981. The third kappa shape index (κ3) is 1.33. The van der Waals surface area contributed by atoms with Gasteiger partial charge in [0.15, 0.2) is 0 Å². The van der Waals surface area contributed by atoms with Crippen molar-refractivity contribution in [3.8, 4) is 0 Å². The number of hydrogen-bond donors (Lipinski definition) is 2. The highest BCUT2D eigenvalue weighted by molar-refractivity contribution is 5.72. The third-order valence-electron chi connectivity index (χ3n) is 3.18. The highest BCUT2D eigenvalue weighted by Gasteiger charge is 2.48. The molecule has 0 aromatic heterocycles. The Labute approximate surface area is 72.2 Å². The van der Waals surface area contributed by atoms with Crippen molar-refractivity contribution in [2.24, 2.45) is 11.8 Å². The smallest absolute Gasteiger partial charge is 0.320 e. The molecule has 0 spiro atoms. The van der Waals surface area contributed by atoms with Gasteiger partial charge >= 0.3 is 5.97 Å².